The third-order valence-electron chi connectivity index (χ3n) is 3.17. The zero-order valence-corrected chi connectivity index (χ0v) is 12.3. The van der Waals surface area contributed by atoms with Gasteiger partial charge in [0, 0.05) is 10.5 Å². The summed E-state index contributed by atoms with van der Waals surface area (Å²) in [6.07, 6.45) is 3.68. The van der Waals surface area contributed by atoms with Gasteiger partial charge in [0.15, 0.2) is 5.82 Å². The van der Waals surface area contributed by atoms with Gasteiger partial charge in [-0.2, -0.15) is 5.10 Å². The molecule has 0 unspecified atom stereocenters. The highest BCUT2D eigenvalue weighted by atomic mass is 32.2. The summed E-state index contributed by atoms with van der Waals surface area (Å²) in [5.74, 6) is 0.874. The van der Waals surface area contributed by atoms with Crippen LogP contribution in [0.3, 0.4) is 0 Å². The number of rotatable bonds is 3. The Morgan fingerprint density at radius 1 is 1.00 bits per heavy atom. The summed E-state index contributed by atoms with van der Waals surface area (Å²) >= 11 is 1.72. The van der Waals surface area contributed by atoms with Gasteiger partial charge in [-0.15, -0.1) is 11.8 Å². The second-order valence-electron chi connectivity index (χ2n) is 4.53. The molecule has 0 atom stereocenters. The van der Waals surface area contributed by atoms with Crippen LogP contribution in [0.25, 0.3) is 17.1 Å². The molecule has 2 aromatic carbocycles. The molecule has 0 N–H and O–H groups in total. The highest BCUT2D eigenvalue weighted by Crippen LogP contribution is 2.29. The second-order valence-corrected chi connectivity index (χ2v) is 5.38. The lowest BCUT2D eigenvalue weighted by Crippen LogP contribution is -2.00. The van der Waals surface area contributed by atoms with E-state index in [4.69, 9.17) is 0 Å². The summed E-state index contributed by atoms with van der Waals surface area (Å²) in [7, 11) is 0. The fourth-order valence-electron chi connectivity index (χ4n) is 2.13. The maximum absolute atomic E-state index is 4.43. The first-order valence-electron chi connectivity index (χ1n) is 6.40. The van der Waals surface area contributed by atoms with Crippen molar-refractivity contribution in [3.05, 3.63) is 60.4 Å². The highest BCUT2D eigenvalue weighted by Gasteiger charge is 2.12. The largest absolute Gasteiger partial charge is 0.215 e. The summed E-state index contributed by atoms with van der Waals surface area (Å²) in [5.41, 5.74) is 3.37. The zero-order chi connectivity index (χ0) is 13.9. The zero-order valence-electron chi connectivity index (χ0n) is 11.4. The molecule has 0 aliphatic carbocycles. The molecule has 0 aliphatic heterocycles. The summed E-state index contributed by atoms with van der Waals surface area (Å²) in [6, 6.07) is 16.6. The topological polar surface area (TPSA) is 30.7 Å². The van der Waals surface area contributed by atoms with E-state index in [1.165, 1.54) is 10.5 Å². The average molecular weight is 281 g/mol. The summed E-state index contributed by atoms with van der Waals surface area (Å²) < 4.78 is 1.88. The van der Waals surface area contributed by atoms with Crippen LogP contribution in [0.2, 0.25) is 0 Å². The van der Waals surface area contributed by atoms with Gasteiger partial charge in [0.2, 0.25) is 0 Å². The molecule has 3 rings (SSSR count). The summed E-state index contributed by atoms with van der Waals surface area (Å²) in [6.45, 7) is 2.08. The Hall–Kier alpha value is -2.07. The van der Waals surface area contributed by atoms with Crippen molar-refractivity contribution in [2.75, 3.05) is 6.26 Å². The van der Waals surface area contributed by atoms with E-state index < -0.39 is 0 Å². The maximum Gasteiger partial charge on any atom is 0.164 e. The number of nitrogens with zero attached hydrogens (tertiary/aromatic N) is 3. The number of hydrogen-bond donors (Lipinski definition) is 0. The van der Waals surface area contributed by atoms with Crippen molar-refractivity contribution < 1.29 is 0 Å². The molecule has 0 bridgehead atoms. The van der Waals surface area contributed by atoms with Crippen LogP contribution in [0.4, 0.5) is 0 Å². The Morgan fingerprint density at radius 3 is 2.50 bits per heavy atom. The highest BCUT2D eigenvalue weighted by molar-refractivity contribution is 7.98. The van der Waals surface area contributed by atoms with Gasteiger partial charge < -0.3 is 0 Å². The van der Waals surface area contributed by atoms with Gasteiger partial charge in [0.1, 0.15) is 6.33 Å². The lowest BCUT2D eigenvalue weighted by molar-refractivity contribution is 0.884. The molecule has 1 heterocycles. The predicted molar refractivity (Wildman–Crippen MR) is 83.3 cm³/mol. The SMILES string of the molecule is CSc1ccccc1-c1ncnn1-c1ccc(C)cc1. The van der Waals surface area contributed by atoms with Crippen LogP contribution in [0.5, 0.6) is 0 Å². The van der Waals surface area contributed by atoms with E-state index in [0.717, 1.165) is 17.1 Å². The fraction of sp³-hybridized carbons (Fsp3) is 0.125. The van der Waals surface area contributed by atoms with Crippen molar-refractivity contribution in [2.24, 2.45) is 0 Å². The van der Waals surface area contributed by atoms with E-state index in [9.17, 15) is 0 Å². The third-order valence-corrected chi connectivity index (χ3v) is 3.97. The van der Waals surface area contributed by atoms with Gasteiger partial charge in [-0.1, -0.05) is 35.9 Å². The van der Waals surface area contributed by atoms with Crippen molar-refractivity contribution >= 4 is 11.8 Å². The van der Waals surface area contributed by atoms with Crippen molar-refractivity contribution in [2.45, 2.75) is 11.8 Å². The first-order chi connectivity index (χ1) is 9.79. The number of benzene rings is 2. The van der Waals surface area contributed by atoms with Crippen LogP contribution in [0, 0.1) is 6.92 Å². The van der Waals surface area contributed by atoms with Gasteiger partial charge in [0.25, 0.3) is 0 Å². The Bertz CT molecular complexity index is 717. The van der Waals surface area contributed by atoms with E-state index >= 15 is 0 Å². The first kappa shape index (κ1) is 12.9. The summed E-state index contributed by atoms with van der Waals surface area (Å²) in [4.78, 5) is 5.64. The van der Waals surface area contributed by atoms with Crippen LogP contribution in [-0.2, 0) is 0 Å². The minimum atomic E-state index is 0.874. The molecule has 0 spiro atoms. The summed E-state index contributed by atoms with van der Waals surface area (Å²) in [5, 5.41) is 4.36. The molecule has 100 valence electrons. The van der Waals surface area contributed by atoms with Crippen molar-refractivity contribution in [1.29, 1.82) is 0 Å². The molecule has 20 heavy (non-hydrogen) atoms. The molecule has 0 fully saturated rings. The maximum atomic E-state index is 4.43. The van der Waals surface area contributed by atoms with E-state index in [-0.39, 0.29) is 0 Å². The molecule has 0 amide bonds. The van der Waals surface area contributed by atoms with Crippen molar-refractivity contribution in [1.82, 2.24) is 14.8 Å². The van der Waals surface area contributed by atoms with Gasteiger partial charge in [0.05, 0.1) is 5.69 Å². The molecular formula is C16H15N3S. The van der Waals surface area contributed by atoms with Crippen LogP contribution >= 0.6 is 11.8 Å². The van der Waals surface area contributed by atoms with Crippen molar-refractivity contribution in [3.63, 3.8) is 0 Å². The van der Waals surface area contributed by atoms with E-state index in [1.807, 2.05) is 16.8 Å². The monoisotopic (exact) mass is 281 g/mol. The molecule has 3 nitrogen and oxygen atoms in total. The lowest BCUT2D eigenvalue weighted by Gasteiger charge is -2.09. The third kappa shape index (κ3) is 2.34. The number of aromatic nitrogens is 3. The smallest absolute Gasteiger partial charge is 0.164 e. The van der Waals surface area contributed by atoms with Crippen LogP contribution in [0.15, 0.2) is 59.8 Å². The molecule has 0 saturated heterocycles. The van der Waals surface area contributed by atoms with Gasteiger partial charge in [-0.3, -0.25) is 0 Å². The normalized spacial score (nSPS) is 10.7. The molecule has 1 aromatic heterocycles. The molecule has 0 radical (unpaired) electrons. The quantitative estimate of drug-likeness (QED) is 0.681. The standard InChI is InChI=1S/C16H15N3S/c1-12-7-9-13(10-8-12)19-16(17-11-18-19)14-5-3-4-6-15(14)20-2/h3-11H,1-2H3. The van der Waals surface area contributed by atoms with Gasteiger partial charge in [-0.25, -0.2) is 9.67 Å². The average Bonchev–Trinajstić information content (AvgIpc) is 2.97. The fourth-order valence-corrected chi connectivity index (χ4v) is 2.72. The van der Waals surface area contributed by atoms with E-state index in [0.29, 0.717) is 0 Å². The van der Waals surface area contributed by atoms with Crippen molar-refractivity contribution in [3.8, 4) is 17.1 Å². The van der Waals surface area contributed by atoms with Gasteiger partial charge >= 0.3 is 0 Å². The lowest BCUT2D eigenvalue weighted by atomic mass is 10.2. The van der Waals surface area contributed by atoms with Crippen LogP contribution in [-0.4, -0.2) is 21.0 Å². The van der Waals surface area contributed by atoms with Crippen LogP contribution in [0.1, 0.15) is 5.56 Å². The minimum Gasteiger partial charge on any atom is -0.215 e. The molecule has 0 saturated carbocycles. The van der Waals surface area contributed by atoms with Crippen LogP contribution < -0.4 is 0 Å². The first-order valence-corrected chi connectivity index (χ1v) is 7.62. The molecule has 4 heteroatoms. The Balaban J connectivity index is 2.13. The van der Waals surface area contributed by atoms with Gasteiger partial charge in [-0.05, 0) is 31.4 Å². The molecule has 0 aliphatic rings. The number of hydrogen-bond acceptors (Lipinski definition) is 3. The Kier molecular flexibility index (Phi) is 3.56. The number of aryl methyl sites for hydroxylation is 1. The second kappa shape index (κ2) is 5.51. The Morgan fingerprint density at radius 2 is 1.75 bits per heavy atom. The molecular weight excluding hydrogens is 266 g/mol. The van der Waals surface area contributed by atoms with E-state index in [1.54, 1.807) is 18.1 Å². The predicted octanol–water partition coefficient (Wildman–Crippen LogP) is 3.96. The molecule has 3 aromatic rings. The minimum absolute atomic E-state index is 0.874. The number of thioether (sulfide) groups is 1. The van der Waals surface area contributed by atoms with E-state index in [2.05, 4.69) is 59.7 Å². The Labute approximate surface area is 122 Å².